The third kappa shape index (κ3) is 4.97. The van der Waals surface area contributed by atoms with Gasteiger partial charge in [-0.15, -0.1) is 0 Å². The molecule has 21 heavy (non-hydrogen) atoms. The van der Waals surface area contributed by atoms with E-state index in [0.29, 0.717) is 18.7 Å². The predicted octanol–water partition coefficient (Wildman–Crippen LogP) is 2.72. The summed E-state index contributed by atoms with van der Waals surface area (Å²) >= 11 is 1.80. The number of urea groups is 1. The van der Waals surface area contributed by atoms with E-state index in [1.807, 2.05) is 18.2 Å². The van der Waals surface area contributed by atoms with Crippen LogP contribution < -0.4 is 10.6 Å². The van der Waals surface area contributed by atoms with E-state index in [1.54, 1.807) is 17.8 Å². The minimum Gasteiger partial charge on any atom is -0.481 e. The van der Waals surface area contributed by atoms with Crippen molar-refractivity contribution in [3.8, 4) is 0 Å². The normalized spacial score (nSPS) is 15.3. The summed E-state index contributed by atoms with van der Waals surface area (Å²) in [6, 6.07) is 7.07. The fourth-order valence-electron chi connectivity index (χ4n) is 2.07. The molecule has 0 radical (unpaired) electrons. The van der Waals surface area contributed by atoms with Crippen molar-refractivity contribution in [1.82, 2.24) is 5.32 Å². The topological polar surface area (TPSA) is 78.4 Å². The number of benzene rings is 1. The number of hydrogen-bond acceptors (Lipinski definition) is 3. The molecular formula is C15H20N2O3S. The maximum absolute atomic E-state index is 11.9. The number of carbonyl (C=O) groups excluding carboxylic acids is 1. The van der Waals surface area contributed by atoms with Gasteiger partial charge in [-0.3, -0.25) is 4.79 Å². The van der Waals surface area contributed by atoms with Gasteiger partial charge < -0.3 is 15.7 Å². The summed E-state index contributed by atoms with van der Waals surface area (Å²) in [7, 11) is 0. The van der Waals surface area contributed by atoms with E-state index in [4.69, 9.17) is 5.11 Å². The van der Waals surface area contributed by atoms with E-state index in [-0.39, 0.29) is 17.2 Å². The highest BCUT2D eigenvalue weighted by Gasteiger charge is 2.41. The molecule has 0 atom stereocenters. The zero-order valence-electron chi connectivity index (χ0n) is 12.0. The van der Waals surface area contributed by atoms with Crippen molar-refractivity contribution >= 4 is 29.4 Å². The van der Waals surface area contributed by atoms with Crippen LogP contribution in [0.4, 0.5) is 10.5 Å². The van der Waals surface area contributed by atoms with Crippen LogP contribution in [0.3, 0.4) is 0 Å². The molecule has 1 aromatic rings. The monoisotopic (exact) mass is 308 g/mol. The number of nitrogens with one attached hydrogen (secondary N) is 2. The first-order valence-corrected chi connectivity index (χ1v) is 8.16. The van der Waals surface area contributed by atoms with Crippen LogP contribution in [-0.2, 0) is 11.2 Å². The van der Waals surface area contributed by atoms with Gasteiger partial charge in [-0.1, -0.05) is 12.1 Å². The molecule has 5 nitrogen and oxygen atoms in total. The number of aryl methyl sites for hydroxylation is 1. The summed E-state index contributed by atoms with van der Waals surface area (Å²) in [5, 5.41) is 14.4. The van der Waals surface area contributed by atoms with Crippen molar-refractivity contribution in [1.29, 1.82) is 0 Å². The van der Waals surface area contributed by atoms with E-state index in [9.17, 15) is 9.59 Å². The van der Waals surface area contributed by atoms with Crippen molar-refractivity contribution in [2.75, 3.05) is 18.1 Å². The summed E-state index contributed by atoms with van der Waals surface area (Å²) < 4.78 is 0.237. The molecule has 0 saturated heterocycles. The molecule has 0 aliphatic heterocycles. The molecule has 0 heterocycles. The van der Waals surface area contributed by atoms with E-state index >= 15 is 0 Å². The van der Waals surface area contributed by atoms with E-state index in [2.05, 4.69) is 16.9 Å². The summed E-state index contributed by atoms with van der Waals surface area (Å²) in [4.78, 5) is 22.4. The molecule has 1 saturated carbocycles. The van der Waals surface area contributed by atoms with Crippen molar-refractivity contribution < 1.29 is 14.7 Å². The van der Waals surface area contributed by atoms with E-state index in [0.717, 1.165) is 18.4 Å². The molecule has 2 rings (SSSR count). The maximum atomic E-state index is 11.9. The molecule has 0 aromatic heterocycles. The number of amides is 2. The molecule has 0 bridgehead atoms. The molecule has 1 aliphatic carbocycles. The van der Waals surface area contributed by atoms with Gasteiger partial charge in [0.1, 0.15) is 0 Å². The molecule has 6 heteroatoms. The SMILES string of the molecule is CSC1(CNC(=O)Nc2cccc(CCC(=O)O)c2)CC1. The first kappa shape index (κ1) is 15.7. The van der Waals surface area contributed by atoms with Gasteiger partial charge in [-0.2, -0.15) is 11.8 Å². The largest absolute Gasteiger partial charge is 0.481 e. The van der Waals surface area contributed by atoms with Crippen molar-refractivity contribution in [3.63, 3.8) is 0 Å². The minimum absolute atomic E-state index is 0.0892. The molecule has 1 aromatic carbocycles. The van der Waals surface area contributed by atoms with Crippen LogP contribution in [0.2, 0.25) is 0 Å². The van der Waals surface area contributed by atoms with Crippen molar-refractivity contribution in [2.45, 2.75) is 30.4 Å². The Hall–Kier alpha value is -1.69. The summed E-state index contributed by atoms with van der Waals surface area (Å²) in [6.45, 7) is 0.679. The number of thioether (sulfide) groups is 1. The Kier molecular flexibility index (Phi) is 5.12. The lowest BCUT2D eigenvalue weighted by molar-refractivity contribution is -0.136. The highest BCUT2D eigenvalue weighted by atomic mass is 32.2. The number of anilines is 1. The standard InChI is InChI=1S/C15H20N2O3S/c1-21-15(7-8-15)10-16-14(20)17-12-4-2-3-11(9-12)5-6-13(18)19/h2-4,9H,5-8,10H2,1H3,(H,18,19)(H2,16,17,20). The highest BCUT2D eigenvalue weighted by molar-refractivity contribution is 8.00. The lowest BCUT2D eigenvalue weighted by Crippen LogP contribution is -2.35. The van der Waals surface area contributed by atoms with Gasteiger partial charge in [0.05, 0.1) is 0 Å². The quantitative estimate of drug-likeness (QED) is 0.723. The Labute approximate surface area is 128 Å². The summed E-state index contributed by atoms with van der Waals surface area (Å²) in [5.74, 6) is -0.821. The minimum atomic E-state index is -0.821. The lowest BCUT2D eigenvalue weighted by atomic mass is 10.1. The Morgan fingerprint density at radius 3 is 2.76 bits per heavy atom. The summed E-state index contributed by atoms with van der Waals surface area (Å²) in [5.41, 5.74) is 1.59. The van der Waals surface area contributed by atoms with Crippen molar-refractivity contribution in [3.05, 3.63) is 29.8 Å². The highest BCUT2D eigenvalue weighted by Crippen LogP contribution is 2.46. The first-order valence-electron chi connectivity index (χ1n) is 6.94. The van der Waals surface area contributed by atoms with Gasteiger partial charge in [0.25, 0.3) is 0 Å². The van der Waals surface area contributed by atoms with Crippen LogP contribution in [0.25, 0.3) is 0 Å². The Morgan fingerprint density at radius 2 is 2.14 bits per heavy atom. The summed E-state index contributed by atoms with van der Waals surface area (Å²) in [6.07, 6.45) is 4.92. The molecule has 1 fully saturated rings. The fraction of sp³-hybridized carbons (Fsp3) is 0.467. The second kappa shape index (κ2) is 6.85. The molecule has 114 valence electrons. The number of carboxylic acid groups (broad SMARTS) is 1. The van der Waals surface area contributed by atoms with Crippen molar-refractivity contribution in [2.24, 2.45) is 0 Å². The van der Waals surface area contributed by atoms with Crippen LogP contribution in [0.15, 0.2) is 24.3 Å². The van der Waals surface area contributed by atoms with Crippen LogP contribution in [0.1, 0.15) is 24.8 Å². The van der Waals surface area contributed by atoms with Gasteiger partial charge in [-0.25, -0.2) is 4.79 Å². The first-order chi connectivity index (χ1) is 10.0. The van der Waals surface area contributed by atoms with E-state index in [1.165, 1.54) is 0 Å². The molecule has 3 N–H and O–H groups in total. The average molecular weight is 308 g/mol. The molecule has 1 aliphatic rings. The molecular weight excluding hydrogens is 288 g/mol. The van der Waals surface area contributed by atoms with Crippen LogP contribution in [-0.4, -0.2) is 34.7 Å². The van der Waals surface area contributed by atoms with Crippen LogP contribution in [0.5, 0.6) is 0 Å². The number of aliphatic carboxylic acids is 1. The zero-order chi connectivity index (χ0) is 15.3. The third-order valence-corrected chi connectivity index (χ3v) is 5.04. The second-order valence-electron chi connectivity index (χ2n) is 5.29. The predicted molar refractivity (Wildman–Crippen MR) is 84.9 cm³/mol. The third-order valence-electron chi connectivity index (χ3n) is 3.62. The Morgan fingerprint density at radius 1 is 1.38 bits per heavy atom. The smallest absolute Gasteiger partial charge is 0.319 e. The van der Waals surface area contributed by atoms with Crippen LogP contribution in [0, 0.1) is 0 Å². The number of hydrogen-bond donors (Lipinski definition) is 3. The lowest BCUT2D eigenvalue weighted by Gasteiger charge is -2.14. The van der Waals surface area contributed by atoms with Gasteiger partial charge in [0.2, 0.25) is 0 Å². The molecule has 0 spiro atoms. The Balaban J connectivity index is 1.82. The van der Waals surface area contributed by atoms with Gasteiger partial charge in [0.15, 0.2) is 0 Å². The molecule has 0 unspecified atom stereocenters. The number of carboxylic acids is 1. The average Bonchev–Trinajstić information content (AvgIpc) is 3.24. The van der Waals surface area contributed by atoms with Gasteiger partial charge in [0, 0.05) is 23.4 Å². The fourth-order valence-corrected chi connectivity index (χ4v) is 2.79. The second-order valence-corrected chi connectivity index (χ2v) is 6.56. The zero-order valence-corrected chi connectivity index (χ0v) is 12.8. The maximum Gasteiger partial charge on any atom is 0.319 e. The molecule has 2 amide bonds. The van der Waals surface area contributed by atoms with Gasteiger partial charge >= 0.3 is 12.0 Å². The van der Waals surface area contributed by atoms with Crippen LogP contribution >= 0.6 is 11.8 Å². The number of carbonyl (C=O) groups is 2. The van der Waals surface area contributed by atoms with Gasteiger partial charge in [-0.05, 0) is 43.2 Å². The Bertz CT molecular complexity index is 529. The number of rotatable bonds is 7. The van der Waals surface area contributed by atoms with E-state index < -0.39 is 5.97 Å².